The number of aromatic nitrogens is 1. The lowest BCUT2D eigenvalue weighted by Gasteiger charge is -2.27. The van der Waals surface area contributed by atoms with E-state index < -0.39 is 10.5 Å². The van der Waals surface area contributed by atoms with Crippen LogP contribution in [0.2, 0.25) is 0 Å². The number of rotatable bonds is 5. The van der Waals surface area contributed by atoms with Crippen molar-refractivity contribution in [1.82, 2.24) is 4.98 Å². The summed E-state index contributed by atoms with van der Waals surface area (Å²) in [6.45, 7) is 5.33. The van der Waals surface area contributed by atoms with Crippen molar-refractivity contribution in [2.24, 2.45) is 0 Å². The molecule has 0 bridgehead atoms. The first-order chi connectivity index (χ1) is 7.91. The normalized spacial score (nSPS) is 14.1. The lowest BCUT2D eigenvalue weighted by molar-refractivity contribution is -0.385. The minimum atomic E-state index is -0.518. The van der Waals surface area contributed by atoms with E-state index in [1.807, 2.05) is 13.8 Å². The number of nitrogens with one attached hydrogen (secondary N) is 1. The van der Waals surface area contributed by atoms with Gasteiger partial charge in [0, 0.05) is 11.8 Å². The van der Waals surface area contributed by atoms with Gasteiger partial charge in [0.1, 0.15) is 5.82 Å². The third-order valence-electron chi connectivity index (χ3n) is 2.83. The largest absolute Gasteiger partial charge is 0.394 e. The van der Waals surface area contributed by atoms with Crippen LogP contribution in [0.15, 0.2) is 12.3 Å². The van der Waals surface area contributed by atoms with E-state index >= 15 is 0 Å². The molecule has 1 atom stereocenters. The van der Waals surface area contributed by atoms with E-state index in [4.69, 9.17) is 0 Å². The van der Waals surface area contributed by atoms with Gasteiger partial charge < -0.3 is 10.4 Å². The summed E-state index contributed by atoms with van der Waals surface area (Å²) in [6, 6.07) is 1.39. The van der Waals surface area contributed by atoms with Crippen molar-refractivity contribution < 1.29 is 10.0 Å². The number of pyridine rings is 1. The molecular formula is C11H17N3O3. The summed E-state index contributed by atoms with van der Waals surface area (Å²) in [7, 11) is 0. The number of anilines is 1. The molecule has 0 radical (unpaired) electrons. The average molecular weight is 239 g/mol. The molecule has 0 aliphatic heterocycles. The van der Waals surface area contributed by atoms with Crippen LogP contribution in [-0.2, 0) is 0 Å². The minimum Gasteiger partial charge on any atom is -0.394 e. The number of aryl methyl sites for hydroxylation is 1. The molecule has 17 heavy (non-hydrogen) atoms. The summed E-state index contributed by atoms with van der Waals surface area (Å²) in [6.07, 6.45) is 2.14. The van der Waals surface area contributed by atoms with E-state index in [1.54, 1.807) is 6.92 Å². The lowest BCUT2D eigenvalue weighted by Crippen LogP contribution is -2.38. The maximum absolute atomic E-state index is 10.8. The molecule has 1 heterocycles. The zero-order chi connectivity index (χ0) is 13.1. The van der Waals surface area contributed by atoms with Gasteiger partial charge in [-0.3, -0.25) is 10.1 Å². The van der Waals surface area contributed by atoms with E-state index in [0.717, 1.165) is 0 Å². The molecule has 0 spiro atoms. The number of aliphatic hydroxyl groups is 1. The maximum atomic E-state index is 10.8. The Morgan fingerprint density at radius 3 is 2.76 bits per heavy atom. The van der Waals surface area contributed by atoms with E-state index in [0.29, 0.717) is 17.8 Å². The second-order valence-electron chi connectivity index (χ2n) is 4.31. The van der Waals surface area contributed by atoms with Gasteiger partial charge in [-0.2, -0.15) is 0 Å². The van der Waals surface area contributed by atoms with Crippen LogP contribution in [0.1, 0.15) is 25.8 Å². The highest BCUT2D eigenvalue weighted by atomic mass is 16.6. The maximum Gasteiger partial charge on any atom is 0.277 e. The Kier molecular flexibility index (Phi) is 4.01. The Labute approximate surface area is 99.8 Å². The molecule has 0 aliphatic carbocycles. The highest BCUT2D eigenvalue weighted by molar-refractivity contribution is 5.50. The molecule has 94 valence electrons. The second kappa shape index (κ2) is 5.09. The summed E-state index contributed by atoms with van der Waals surface area (Å²) in [5, 5.41) is 23.0. The average Bonchev–Trinajstić information content (AvgIpc) is 2.31. The van der Waals surface area contributed by atoms with E-state index in [2.05, 4.69) is 10.3 Å². The SMILES string of the molecule is CCC(C)(CO)Nc1cc([N+](=O)[O-])c(C)cn1. The van der Waals surface area contributed by atoms with Crippen molar-refractivity contribution in [3.05, 3.63) is 27.9 Å². The number of hydrogen-bond donors (Lipinski definition) is 2. The molecule has 0 aromatic carbocycles. The van der Waals surface area contributed by atoms with Crippen molar-refractivity contribution >= 4 is 11.5 Å². The van der Waals surface area contributed by atoms with Crippen LogP contribution in [0.3, 0.4) is 0 Å². The minimum absolute atomic E-state index is 0.0268. The van der Waals surface area contributed by atoms with Gasteiger partial charge in [0.25, 0.3) is 5.69 Å². The third kappa shape index (κ3) is 3.13. The van der Waals surface area contributed by atoms with Crippen LogP contribution in [0.4, 0.5) is 11.5 Å². The van der Waals surface area contributed by atoms with Gasteiger partial charge in [-0.05, 0) is 20.3 Å². The van der Waals surface area contributed by atoms with Crippen molar-refractivity contribution in [1.29, 1.82) is 0 Å². The van der Waals surface area contributed by atoms with Gasteiger partial charge in [0.05, 0.1) is 23.1 Å². The molecule has 1 rings (SSSR count). The zero-order valence-corrected chi connectivity index (χ0v) is 10.2. The van der Waals surface area contributed by atoms with Gasteiger partial charge in [-0.1, -0.05) is 6.92 Å². The molecule has 0 saturated heterocycles. The molecule has 6 nitrogen and oxygen atoms in total. The fourth-order valence-corrected chi connectivity index (χ4v) is 1.33. The Morgan fingerprint density at radius 2 is 2.29 bits per heavy atom. The molecule has 0 fully saturated rings. The summed E-state index contributed by atoms with van der Waals surface area (Å²) in [5.74, 6) is 0.403. The van der Waals surface area contributed by atoms with Crippen molar-refractivity contribution in [3.8, 4) is 0 Å². The van der Waals surface area contributed by atoms with Crippen molar-refractivity contribution in [2.75, 3.05) is 11.9 Å². The van der Waals surface area contributed by atoms with Crippen LogP contribution in [0, 0.1) is 17.0 Å². The molecule has 6 heteroatoms. The Morgan fingerprint density at radius 1 is 1.65 bits per heavy atom. The lowest BCUT2D eigenvalue weighted by atomic mass is 10.0. The predicted octanol–water partition coefficient (Wildman–Crippen LogP) is 1.87. The van der Waals surface area contributed by atoms with E-state index in [1.165, 1.54) is 12.3 Å². The molecule has 1 aromatic rings. The topological polar surface area (TPSA) is 88.3 Å². The Balaban J connectivity index is 3.01. The molecular weight excluding hydrogens is 222 g/mol. The third-order valence-corrected chi connectivity index (χ3v) is 2.83. The zero-order valence-electron chi connectivity index (χ0n) is 10.2. The van der Waals surface area contributed by atoms with Crippen molar-refractivity contribution in [2.45, 2.75) is 32.7 Å². The molecule has 2 N–H and O–H groups in total. The monoisotopic (exact) mass is 239 g/mol. The highest BCUT2D eigenvalue weighted by Gasteiger charge is 2.22. The number of nitro groups is 1. The number of aliphatic hydroxyl groups excluding tert-OH is 1. The van der Waals surface area contributed by atoms with Gasteiger partial charge in [0.2, 0.25) is 0 Å². The van der Waals surface area contributed by atoms with Crippen LogP contribution in [0.5, 0.6) is 0 Å². The molecule has 0 aliphatic rings. The first kappa shape index (κ1) is 13.4. The Bertz CT molecular complexity index is 416. The van der Waals surface area contributed by atoms with Gasteiger partial charge in [0.15, 0.2) is 0 Å². The summed E-state index contributed by atoms with van der Waals surface area (Å²) < 4.78 is 0. The van der Waals surface area contributed by atoms with Crippen LogP contribution in [-0.4, -0.2) is 27.2 Å². The second-order valence-corrected chi connectivity index (χ2v) is 4.31. The molecule has 1 unspecified atom stereocenters. The van der Waals surface area contributed by atoms with Gasteiger partial charge in [-0.25, -0.2) is 4.98 Å². The summed E-state index contributed by atoms with van der Waals surface area (Å²) >= 11 is 0. The van der Waals surface area contributed by atoms with Gasteiger partial charge in [-0.15, -0.1) is 0 Å². The first-order valence-electron chi connectivity index (χ1n) is 5.42. The highest BCUT2D eigenvalue weighted by Crippen LogP contribution is 2.23. The van der Waals surface area contributed by atoms with Crippen molar-refractivity contribution in [3.63, 3.8) is 0 Å². The van der Waals surface area contributed by atoms with Crippen LogP contribution in [0.25, 0.3) is 0 Å². The van der Waals surface area contributed by atoms with E-state index in [-0.39, 0.29) is 12.3 Å². The summed E-state index contributed by atoms with van der Waals surface area (Å²) in [4.78, 5) is 14.4. The van der Waals surface area contributed by atoms with E-state index in [9.17, 15) is 15.2 Å². The van der Waals surface area contributed by atoms with Crippen LogP contribution >= 0.6 is 0 Å². The fourth-order valence-electron chi connectivity index (χ4n) is 1.33. The fraction of sp³-hybridized carbons (Fsp3) is 0.545. The Hall–Kier alpha value is -1.69. The number of nitrogens with zero attached hydrogens (tertiary/aromatic N) is 2. The van der Waals surface area contributed by atoms with Crippen LogP contribution < -0.4 is 5.32 Å². The number of hydrogen-bond acceptors (Lipinski definition) is 5. The molecule has 0 saturated carbocycles. The summed E-state index contributed by atoms with van der Waals surface area (Å²) in [5.41, 5.74) is 0.0255. The standard InChI is InChI=1S/C11H17N3O3/c1-4-11(3,7-15)13-10-5-9(14(16)17)8(2)6-12-10/h5-6,15H,4,7H2,1-3H3,(H,12,13). The molecule has 0 amide bonds. The smallest absolute Gasteiger partial charge is 0.277 e. The van der Waals surface area contributed by atoms with Gasteiger partial charge >= 0.3 is 0 Å². The predicted molar refractivity (Wildman–Crippen MR) is 65.0 cm³/mol. The first-order valence-corrected chi connectivity index (χ1v) is 5.42. The quantitative estimate of drug-likeness (QED) is 0.605. The molecule has 1 aromatic heterocycles.